The van der Waals surface area contributed by atoms with Gasteiger partial charge in [0.25, 0.3) is 11.1 Å². The summed E-state index contributed by atoms with van der Waals surface area (Å²) in [6, 6.07) is 13.6. The van der Waals surface area contributed by atoms with E-state index in [1.54, 1.807) is 6.92 Å². The molecule has 3 N–H and O–H groups in total. The van der Waals surface area contributed by atoms with Crippen LogP contribution in [0.4, 0.5) is 5.69 Å². The lowest BCUT2D eigenvalue weighted by molar-refractivity contribution is -0.123. The van der Waals surface area contributed by atoms with E-state index in [0.717, 1.165) is 45.0 Å². The van der Waals surface area contributed by atoms with Crippen LogP contribution >= 0.6 is 11.8 Å². The highest BCUT2D eigenvalue weighted by Crippen LogP contribution is 2.30. The Hall–Kier alpha value is -3.59. The van der Waals surface area contributed by atoms with Gasteiger partial charge in [-0.1, -0.05) is 48.2 Å². The summed E-state index contributed by atoms with van der Waals surface area (Å²) in [5, 5.41) is 14.4. The quantitative estimate of drug-likeness (QED) is 0.367. The number of thioether (sulfide) groups is 1. The van der Waals surface area contributed by atoms with Gasteiger partial charge in [0.05, 0.1) is 17.4 Å². The molecule has 0 saturated heterocycles. The van der Waals surface area contributed by atoms with Gasteiger partial charge in [0.1, 0.15) is 0 Å². The molecule has 0 aliphatic rings. The van der Waals surface area contributed by atoms with E-state index in [0.29, 0.717) is 5.89 Å². The van der Waals surface area contributed by atoms with Crippen LogP contribution < -0.4 is 10.6 Å². The second kappa shape index (κ2) is 9.27. The minimum atomic E-state index is -0.515. The zero-order valence-corrected chi connectivity index (χ0v) is 18.7. The molecule has 2 amide bonds. The maximum absolute atomic E-state index is 12.4. The molecule has 2 heterocycles. The van der Waals surface area contributed by atoms with Crippen LogP contribution in [0.25, 0.3) is 22.4 Å². The molecule has 32 heavy (non-hydrogen) atoms. The molecule has 9 heteroatoms. The fourth-order valence-electron chi connectivity index (χ4n) is 3.33. The van der Waals surface area contributed by atoms with Crippen molar-refractivity contribution >= 4 is 40.2 Å². The molecule has 0 saturated carbocycles. The first-order chi connectivity index (χ1) is 15.4. The van der Waals surface area contributed by atoms with Gasteiger partial charge in [0.15, 0.2) is 0 Å². The van der Waals surface area contributed by atoms with E-state index in [1.807, 2.05) is 62.5 Å². The van der Waals surface area contributed by atoms with E-state index in [-0.39, 0.29) is 23.6 Å². The number of H-pyrrole nitrogens is 1. The fourth-order valence-corrected chi connectivity index (χ4v) is 4.03. The number of aromatic amines is 1. The Kier molecular flexibility index (Phi) is 6.27. The van der Waals surface area contributed by atoms with E-state index in [9.17, 15) is 9.59 Å². The first-order valence-electron chi connectivity index (χ1n) is 10.1. The fraction of sp³-hybridized carbons (Fsp3) is 0.217. The first kappa shape index (κ1) is 21.6. The summed E-state index contributed by atoms with van der Waals surface area (Å²) in [5.41, 5.74) is 4.49. The Morgan fingerprint density at radius 2 is 1.84 bits per heavy atom. The summed E-state index contributed by atoms with van der Waals surface area (Å²) in [7, 11) is 0. The predicted octanol–water partition coefficient (Wildman–Crippen LogP) is 4.07. The van der Waals surface area contributed by atoms with Gasteiger partial charge in [0, 0.05) is 22.8 Å². The normalized spacial score (nSPS) is 12.0. The van der Waals surface area contributed by atoms with Crippen molar-refractivity contribution in [1.82, 2.24) is 20.5 Å². The lowest BCUT2D eigenvalue weighted by atomic mass is 10.1. The van der Waals surface area contributed by atoms with Crippen molar-refractivity contribution in [2.75, 3.05) is 11.9 Å². The highest BCUT2D eigenvalue weighted by atomic mass is 32.2. The number of aryl methyl sites for hydroxylation is 2. The Bertz CT molecular complexity index is 1260. The Labute approximate surface area is 189 Å². The number of hydrogen-bond donors (Lipinski definition) is 3. The molecule has 164 valence electrons. The number of benzene rings is 2. The molecule has 0 radical (unpaired) electrons. The molecule has 0 bridgehead atoms. The number of carbonyl (C=O) groups is 2. The Morgan fingerprint density at radius 1 is 1.09 bits per heavy atom. The minimum absolute atomic E-state index is 0.123. The molecule has 4 aromatic rings. The molecular formula is C23H23N5O3S. The predicted molar refractivity (Wildman–Crippen MR) is 124 cm³/mol. The molecule has 1 atom stereocenters. The number of para-hydroxylation sites is 2. The standard InChI is InChI=1S/C23H23N5O3S/c1-13-7-6-8-14(2)20(13)26-19(29)12-25-21(30)15(3)32-23-28-27-22(31-23)17-11-24-18-10-5-4-9-16(17)18/h4-11,15,24H,12H2,1-3H3,(H,25,30)(H,26,29). The highest BCUT2D eigenvalue weighted by molar-refractivity contribution is 8.00. The van der Waals surface area contributed by atoms with Crippen LogP contribution in [0.5, 0.6) is 0 Å². The van der Waals surface area contributed by atoms with E-state index in [4.69, 9.17) is 4.42 Å². The van der Waals surface area contributed by atoms with Gasteiger partial charge in [-0.25, -0.2) is 0 Å². The number of anilines is 1. The molecule has 4 rings (SSSR count). The molecule has 8 nitrogen and oxygen atoms in total. The molecule has 2 aromatic heterocycles. The second-order valence-electron chi connectivity index (χ2n) is 7.41. The number of rotatable bonds is 7. The van der Waals surface area contributed by atoms with Crippen LogP contribution in [0.2, 0.25) is 0 Å². The summed E-state index contributed by atoms with van der Waals surface area (Å²) < 4.78 is 5.75. The van der Waals surface area contributed by atoms with Gasteiger partial charge in [-0.3, -0.25) is 9.59 Å². The number of amides is 2. The SMILES string of the molecule is Cc1cccc(C)c1NC(=O)CNC(=O)C(C)Sc1nnc(-c2c[nH]c3ccccc23)o1. The maximum atomic E-state index is 12.4. The molecule has 0 fully saturated rings. The average molecular weight is 450 g/mol. The molecule has 1 unspecified atom stereocenters. The van der Waals surface area contributed by atoms with Crippen LogP contribution in [0.1, 0.15) is 18.1 Å². The van der Waals surface area contributed by atoms with E-state index < -0.39 is 5.25 Å². The average Bonchev–Trinajstić information content (AvgIpc) is 3.41. The lowest BCUT2D eigenvalue weighted by Gasteiger charge is -2.13. The van der Waals surface area contributed by atoms with E-state index >= 15 is 0 Å². The van der Waals surface area contributed by atoms with Crippen molar-refractivity contribution in [2.45, 2.75) is 31.2 Å². The summed E-state index contributed by atoms with van der Waals surface area (Å²) in [5.74, 6) is -0.198. The molecule has 2 aromatic carbocycles. The lowest BCUT2D eigenvalue weighted by Crippen LogP contribution is -2.37. The summed E-state index contributed by atoms with van der Waals surface area (Å²) in [6.45, 7) is 5.45. The first-order valence-corrected chi connectivity index (χ1v) is 11.0. The Morgan fingerprint density at radius 3 is 2.62 bits per heavy atom. The molecule has 0 aliphatic heterocycles. The van der Waals surface area contributed by atoms with Crippen molar-refractivity contribution in [3.63, 3.8) is 0 Å². The zero-order valence-electron chi connectivity index (χ0n) is 17.9. The van der Waals surface area contributed by atoms with Crippen molar-refractivity contribution in [1.29, 1.82) is 0 Å². The monoisotopic (exact) mass is 449 g/mol. The molecule has 0 aliphatic carbocycles. The van der Waals surface area contributed by atoms with Crippen LogP contribution in [-0.4, -0.2) is 38.8 Å². The number of nitrogens with one attached hydrogen (secondary N) is 3. The van der Waals surface area contributed by atoms with Gasteiger partial charge >= 0.3 is 0 Å². The Balaban J connectivity index is 1.33. The summed E-state index contributed by atoms with van der Waals surface area (Å²) in [6.07, 6.45) is 1.82. The number of carbonyl (C=O) groups excluding carboxylic acids is 2. The summed E-state index contributed by atoms with van der Waals surface area (Å²) >= 11 is 1.14. The van der Waals surface area contributed by atoms with Crippen LogP contribution in [-0.2, 0) is 9.59 Å². The molecule has 0 spiro atoms. The second-order valence-corrected chi connectivity index (χ2v) is 8.71. The van der Waals surface area contributed by atoms with Gasteiger partial charge in [0.2, 0.25) is 11.8 Å². The third-order valence-electron chi connectivity index (χ3n) is 5.04. The largest absolute Gasteiger partial charge is 0.411 e. The minimum Gasteiger partial charge on any atom is -0.411 e. The van der Waals surface area contributed by atoms with Crippen molar-refractivity contribution in [2.24, 2.45) is 0 Å². The van der Waals surface area contributed by atoms with Gasteiger partial charge in [-0.15, -0.1) is 10.2 Å². The van der Waals surface area contributed by atoms with Gasteiger partial charge in [-0.2, -0.15) is 0 Å². The van der Waals surface area contributed by atoms with Gasteiger partial charge in [-0.05, 0) is 38.0 Å². The van der Waals surface area contributed by atoms with Gasteiger partial charge < -0.3 is 20.0 Å². The van der Waals surface area contributed by atoms with Crippen molar-refractivity contribution < 1.29 is 14.0 Å². The van der Waals surface area contributed by atoms with Crippen LogP contribution in [0.3, 0.4) is 0 Å². The number of nitrogens with zero attached hydrogens (tertiary/aromatic N) is 2. The van der Waals surface area contributed by atoms with Crippen LogP contribution in [0.15, 0.2) is 58.3 Å². The number of aromatic nitrogens is 3. The zero-order chi connectivity index (χ0) is 22.7. The number of fused-ring (bicyclic) bond motifs is 1. The maximum Gasteiger partial charge on any atom is 0.277 e. The third kappa shape index (κ3) is 4.67. The van der Waals surface area contributed by atoms with Crippen LogP contribution in [0, 0.1) is 13.8 Å². The number of hydrogen-bond acceptors (Lipinski definition) is 6. The highest BCUT2D eigenvalue weighted by Gasteiger charge is 2.20. The smallest absolute Gasteiger partial charge is 0.277 e. The molecular weight excluding hydrogens is 426 g/mol. The van der Waals surface area contributed by atoms with E-state index in [2.05, 4.69) is 25.8 Å². The van der Waals surface area contributed by atoms with Crippen molar-refractivity contribution in [3.05, 3.63) is 59.8 Å². The summed E-state index contributed by atoms with van der Waals surface area (Å²) in [4.78, 5) is 27.9. The third-order valence-corrected chi connectivity index (χ3v) is 5.98. The van der Waals surface area contributed by atoms with E-state index in [1.165, 1.54) is 0 Å². The van der Waals surface area contributed by atoms with Crippen molar-refractivity contribution in [3.8, 4) is 11.5 Å². The topological polar surface area (TPSA) is 113 Å².